The summed E-state index contributed by atoms with van der Waals surface area (Å²) >= 11 is 0. The highest BCUT2D eigenvalue weighted by Gasteiger charge is 2.13. The first-order chi connectivity index (χ1) is 9.84. The molecule has 1 N–H and O–H groups in total. The summed E-state index contributed by atoms with van der Waals surface area (Å²) in [6, 6.07) is 11.3. The van der Waals surface area contributed by atoms with Crippen molar-refractivity contribution in [1.82, 2.24) is 0 Å². The minimum absolute atomic E-state index is 0.0488. The van der Waals surface area contributed by atoms with Crippen LogP contribution in [0.5, 0.6) is 11.7 Å². The first kappa shape index (κ1) is 15.2. The van der Waals surface area contributed by atoms with Crippen molar-refractivity contribution in [2.45, 2.75) is 39.0 Å². The number of benzene rings is 1. The number of rotatable bonds is 5. The number of carboxylic acid groups (broad SMARTS) is 1. The van der Waals surface area contributed by atoms with Gasteiger partial charge >= 0.3 is 5.97 Å². The fourth-order valence-electron chi connectivity index (χ4n) is 1.92. The zero-order valence-electron chi connectivity index (χ0n) is 12.6. The number of carbonyl (C=O) groups is 1. The van der Waals surface area contributed by atoms with E-state index < -0.39 is 5.97 Å². The number of ether oxygens (including phenoxy) is 1. The second-order valence-corrected chi connectivity index (χ2v) is 5.99. The van der Waals surface area contributed by atoms with Crippen LogP contribution in [0.15, 0.2) is 40.8 Å². The van der Waals surface area contributed by atoms with E-state index >= 15 is 0 Å². The minimum Gasteiger partial charge on any atom is -0.481 e. The van der Waals surface area contributed by atoms with Crippen molar-refractivity contribution in [1.29, 1.82) is 0 Å². The van der Waals surface area contributed by atoms with Crippen LogP contribution < -0.4 is 4.74 Å². The normalized spacial score (nSPS) is 11.4. The standard InChI is InChI=1S/C17H20O4/c1-17(2,3)12-4-6-13(7-5-12)20-16-11-9-14(21-16)8-10-15(18)19/h4-7,9,11H,8,10H2,1-3H3,(H,18,19). The molecule has 0 atom stereocenters. The predicted octanol–water partition coefficient (Wildman–Crippen LogP) is 4.39. The molecule has 112 valence electrons. The summed E-state index contributed by atoms with van der Waals surface area (Å²) < 4.78 is 11.1. The summed E-state index contributed by atoms with van der Waals surface area (Å²) in [6.45, 7) is 6.47. The van der Waals surface area contributed by atoms with E-state index in [2.05, 4.69) is 20.8 Å². The number of furan rings is 1. The number of aryl methyl sites for hydroxylation is 1. The molecule has 0 unspecified atom stereocenters. The van der Waals surface area contributed by atoms with Crippen molar-refractivity contribution in [2.75, 3.05) is 0 Å². The molecule has 0 fully saturated rings. The molecule has 1 aromatic carbocycles. The van der Waals surface area contributed by atoms with Crippen molar-refractivity contribution in [3.63, 3.8) is 0 Å². The number of aliphatic carboxylic acids is 1. The largest absolute Gasteiger partial charge is 0.481 e. The van der Waals surface area contributed by atoms with Gasteiger partial charge in [0.1, 0.15) is 11.5 Å². The lowest BCUT2D eigenvalue weighted by atomic mass is 9.87. The van der Waals surface area contributed by atoms with Crippen molar-refractivity contribution in [3.8, 4) is 11.7 Å². The first-order valence-electron chi connectivity index (χ1n) is 6.93. The summed E-state index contributed by atoms with van der Waals surface area (Å²) in [5, 5.41) is 8.64. The van der Waals surface area contributed by atoms with Gasteiger partial charge in [-0.2, -0.15) is 0 Å². The SMILES string of the molecule is CC(C)(C)c1ccc(Oc2ccc(CCC(=O)O)o2)cc1. The maximum absolute atomic E-state index is 10.5. The van der Waals surface area contributed by atoms with E-state index in [0.717, 1.165) is 0 Å². The zero-order valence-corrected chi connectivity index (χ0v) is 12.6. The molecule has 2 aromatic rings. The van der Waals surface area contributed by atoms with Crippen LogP contribution in [-0.2, 0) is 16.6 Å². The summed E-state index contributed by atoms with van der Waals surface area (Å²) in [6.07, 6.45) is 0.412. The average molecular weight is 288 g/mol. The van der Waals surface area contributed by atoms with Gasteiger partial charge in [0.05, 0.1) is 6.42 Å². The molecule has 0 bridgehead atoms. The molecule has 0 aliphatic rings. The number of hydrogen-bond donors (Lipinski definition) is 1. The van der Waals surface area contributed by atoms with E-state index in [1.54, 1.807) is 12.1 Å². The lowest BCUT2D eigenvalue weighted by Gasteiger charge is -2.18. The van der Waals surface area contributed by atoms with E-state index in [9.17, 15) is 4.79 Å². The molecule has 1 aromatic heterocycles. The highest BCUT2D eigenvalue weighted by atomic mass is 16.6. The molecule has 1 heterocycles. The molecule has 0 aliphatic carbocycles. The second kappa shape index (κ2) is 6.04. The predicted molar refractivity (Wildman–Crippen MR) is 79.9 cm³/mol. The van der Waals surface area contributed by atoms with Gasteiger partial charge in [0.2, 0.25) is 0 Å². The second-order valence-electron chi connectivity index (χ2n) is 5.99. The van der Waals surface area contributed by atoms with Gasteiger partial charge in [-0.3, -0.25) is 4.79 Å². The van der Waals surface area contributed by atoms with Gasteiger partial charge in [0.15, 0.2) is 0 Å². The molecule has 0 saturated carbocycles. The molecule has 0 spiro atoms. The topological polar surface area (TPSA) is 59.7 Å². The lowest BCUT2D eigenvalue weighted by molar-refractivity contribution is -0.137. The number of carboxylic acids is 1. The van der Waals surface area contributed by atoms with Gasteiger partial charge < -0.3 is 14.3 Å². The van der Waals surface area contributed by atoms with Gasteiger partial charge in [0.25, 0.3) is 5.95 Å². The summed E-state index contributed by atoms with van der Waals surface area (Å²) in [5.74, 6) is 0.839. The average Bonchev–Trinajstić information content (AvgIpc) is 2.83. The Hall–Kier alpha value is -2.23. The third-order valence-electron chi connectivity index (χ3n) is 3.16. The minimum atomic E-state index is -0.841. The smallest absolute Gasteiger partial charge is 0.303 e. The molecule has 0 radical (unpaired) electrons. The van der Waals surface area contributed by atoms with Crippen molar-refractivity contribution >= 4 is 5.97 Å². The maximum atomic E-state index is 10.5. The summed E-state index contributed by atoms with van der Waals surface area (Å²) in [4.78, 5) is 10.5. The van der Waals surface area contributed by atoms with E-state index in [-0.39, 0.29) is 11.8 Å². The number of hydrogen-bond acceptors (Lipinski definition) is 3. The molecular weight excluding hydrogens is 268 g/mol. The van der Waals surface area contributed by atoms with Gasteiger partial charge in [-0.15, -0.1) is 0 Å². The van der Waals surface area contributed by atoms with Crippen molar-refractivity contribution < 1.29 is 19.1 Å². The highest BCUT2D eigenvalue weighted by molar-refractivity contribution is 5.66. The Bertz CT molecular complexity index is 602. The van der Waals surface area contributed by atoms with Crippen LogP contribution in [0, 0.1) is 0 Å². The van der Waals surface area contributed by atoms with Crippen LogP contribution in [-0.4, -0.2) is 11.1 Å². The molecule has 21 heavy (non-hydrogen) atoms. The molecule has 0 saturated heterocycles. The Morgan fingerprint density at radius 1 is 1.14 bits per heavy atom. The highest BCUT2D eigenvalue weighted by Crippen LogP contribution is 2.28. The molecule has 4 heteroatoms. The molecule has 2 rings (SSSR count). The van der Waals surface area contributed by atoms with Crippen molar-refractivity contribution in [2.24, 2.45) is 0 Å². The maximum Gasteiger partial charge on any atom is 0.303 e. The fourth-order valence-corrected chi connectivity index (χ4v) is 1.92. The van der Waals surface area contributed by atoms with Crippen LogP contribution in [0.2, 0.25) is 0 Å². The summed E-state index contributed by atoms with van der Waals surface area (Å²) in [5.41, 5.74) is 1.34. The van der Waals surface area contributed by atoms with E-state index in [4.69, 9.17) is 14.3 Å². The van der Waals surface area contributed by atoms with E-state index in [1.165, 1.54) is 5.56 Å². The quantitative estimate of drug-likeness (QED) is 0.886. The Balaban J connectivity index is 2.00. The van der Waals surface area contributed by atoms with Gasteiger partial charge in [-0.05, 0) is 29.2 Å². The molecule has 0 amide bonds. The van der Waals surface area contributed by atoms with Crippen molar-refractivity contribution in [3.05, 3.63) is 47.7 Å². The van der Waals surface area contributed by atoms with E-state index in [1.807, 2.05) is 24.3 Å². The van der Waals surface area contributed by atoms with Crippen LogP contribution in [0.4, 0.5) is 0 Å². The molecular formula is C17H20O4. The first-order valence-corrected chi connectivity index (χ1v) is 6.93. The van der Waals surface area contributed by atoms with Crippen LogP contribution in [0.1, 0.15) is 38.5 Å². The summed E-state index contributed by atoms with van der Waals surface area (Å²) in [7, 11) is 0. The Kier molecular flexibility index (Phi) is 4.36. The van der Waals surface area contributed by atoms with Gasteiger partial charge in [-0.25, -0.2) is 0 Å². The van der Waals surface area contributed by atoms with E-state index in [0.29, 0.717) is 23.9 Å². The third kappa shape index (κ3) is 4.38. The third-order valence-corrected chi connectivity index (χ3v) is 3.16. The zero-order chi connectivity index (χ0) is 15.5. The Morgan fingerprint density at radius 3 is 2.38 bits per heavy atom. The Morgan fingerprint density at radius 2 is 1.81 bits per heavy atom. The Labute approximate surface area is 124 Å². The fraction of sp³-hybridized carbons (Fsp3) is 0.353. The van der Waals surface area contributed by atoms with Gasteiger partial charge in [-0.1, -0.05) is 32.9 Å². The lowest BCUT2D eigenvalue weighted by Crippen LogP contribution is -2.10. The molecule has 0 aliphatic heterocycles. The molecule has 4 nitrogen and oxygen atoms in total. The van der Waals surface area contributed by atoms with Crippen LogP contribution >= 0.6 is 0 Å². The van der Waals surface area contributed by atoms with Gasteiger partial charge in [0, 0.05) is 12.5 Å². The van der Waals surface area contributed by atoms with Crippen LogP contribution in [0.25, 0.3) is 0 Å². The monoisotopic (exact) mass is 288 g/mol. The van der Waals surface area contributed by atoms with Crippen LogP contribution in [0.3, 0.4) is 0 Å².